The summed E-state index contributed by atoms with van der Waals surface area (Å²) in [5, 5.41) is 8.80. The molecule has 1 aromatic carbocycles. The number of benzene rings is 1. The third kappa shape index (κ3) is 2.61. The van der Waals surface area contributed by atoms with E-state index in [1.807, 2.05) is 6.07 Å². The quantitative estimate of drug-likeness (QED) is 0.774. The van der Waals surface area contributed by atoms with Crippen LogP contribution in [0.15, 0.2) is 18.2 Å². The summed E-state index contributed by atoms with van der Waals surface area (Å²) >= 11 is 0. The van der Waals surface area contributed by atoms with Gasteiger partial charge in [-0.3, -0.25) is 4.79 Å². The van der Waals surface area contributed by atoms with Crippen molar-refractivity contribution in [2.24, 2.45) is 5.73 Å². The second-order valence-corrected chi connectivity index (χ2v) is 2.70. The fraction of sp³-hybridized carbons (Fsp3) is 0.200. The average Bonchev–Trinajstić information content (AvgIpc) is 2.25. The maximum Gasteiger partial charge on any atom is 0.255 e. The summed E-state index contributed by atoms with van der Waals surface area (Å²) < 4.78 is 10.1. The zero-order valence-electron chi connectivity index (χ0n) is 8.19. The first-order valence-corrected chi connectivity index (χ1v) is 4.17. The highest BCUT2D eigenvalue weighted by Crippen LogP contribution is 2.30. The zero-order chi connectivity index (χ0) is 11.3. The first kappa shape index (κ1) is 10.9. The van der Waals surface area contributed by atoms with E-state index in [-0.39, 0.29) is 12.4 Å². The third-order valence-corrected chi connectivity index (χ3v) is 1.68. The maximum atomic E-state index is 10.5. The van der Waals surface area contributed by atoms with Crippen LogP contribution in [0.5, 0.6) is 11.5 Å². The number of carbonyl (C=O) groups excluding carboxylic acids is 1. The third-order valence-electron chi connectivity index (χ3n) is 1.68. The van der Waals surface area contributed by atoms with Crippen LogP contribution in [-0.2, 0) is 4.79 Å². The van der Waals surface area contributed by atoms with Gasteiger partial charge >= 0.3 is 0 Å². The van der Waals surface area contributed by atoms with Crippen molar-refractivity contribution in [1.82, 2.24) is 0 Å². The molecule has 0 unspecified atom stereocenters. The van der Waals surface area contributed by atoms with Gasteiger partial charge in [-0.25, -0.2) is 0 Å². The summed E-state index contributed by atoms with van der Waals surface area (Å²) in [6.07, 6.45) is 0. The van der Waals surface area contributed by atoms with Crippen molar-refractivity contribution < 1.29 is 14.3 Å². The summed E-state index contributed by atoms with van der Waals surface area (Å²) in [6.45, 7) is -0.283. The number of hydrogen-bond donors (Lipinski definition) is 1. The molecule has 0 fully saturated rings. The van der Waals surface area contributed by atoms with E-state index in [2.05, 4.69) is 0 Å². The molecule has 1 rings (SSSR count). The molecule has 0 atom stereocenters. The predicted molar refractivity (Wildman–Crippen MR) is 52.4 cm³/mol. The van der Waals surface area contributed by atoms with Crippen LogP contribution in [0, 0.1) is 11.3 Å². The van der Waals surface area contributed by atoms with Gasteiger partial charge in [-0.1, -0.05) is 6.07 Å². The molecule has 0 spiro atoms. The first-order chi connectivity index (χ1) is 7.19. The lowest BCUT2D eigenvalue weighted by molar-refractivity contribution is -0.119. The Labute approximate surface area is 87.0 Å². The monoisotopic (exact) mass is 206 g/mol. The van der Waals surface area contributed by atoms with Gasteiger partial charge in [0.15, 0.2) is 18.1 Å². The van der Waals surface area contributed by atoms with Gasteiger partial charge in [0.2, 0.25) is 0 Å². The van der Waals surface area contributed by atoms with Gasteiger partial charge in [-0.05, 0) is 12.1 Å². The predicted octanol–water partition coefficient (Wildman–Crippen LogP) is 0.431. The van der Waals surface area contributed by atoms with Gasteiger partial charge in [-0.2, -0.15) is 5.26 Å². The number of primary amides is 1. The van der Waals surface area contributed by atoms with Crippen LogP contribution < -0.4 is 15.2 Å². The van der Waals surface area contributed by atoms with Crippen molar-refractivity contribution in [2.75, 3.05) is 13.7 Å². The van der Waals surface area contributed by atoms with Crippen molar-refractivity contribution in [1.29, 1.82) is 5.26 Å². The fourth-order valence-electron chi connectivity index (χ4n) is 1.06. The lowest BCUT2D eigenvalue weighted by Gasteiger charge is -2.10. The molecule has 2 N–H and O–H groups in total. The molecule has 1 amide bonds. The summed E-state index contributed by atoms with van der Waals surface area (Å²) in [5.41, 5.74) is 5.24. The van der Waals surface area contributed by atoms with E-state index < -0.39 is 5.91 Å². The molecule has 0 saturated carbocycles. The summed E-state index contributed by atoms with van der Waals surface area (Å²) in [7, 11) is 1.45. The number of nitriles is 1. The number of rotatable bonds is 4. The van der Waals surface area contributed by atoms with Gasteiger partial charge in [0.25, 0.3) is 5.91 Å². The molecule has 78 valence electrons. The molecule has 1 aromatic rings. The standard InChI is InChI=1S/C10H10N2O3/c1-14-8-4-2-3-7(5-11)10(8)15-6-9(12)13/h2-4H,6H2,1H3,(H2,12,13). The SMILES string of the molecule is COc1cccc(C#N)c1OCC(N)=O. The van der Waals surface area contributed by atoms with E-state index in [0.29, 0.717) is 11.3 Å². The Kier molecular flexibility index (Phi) is 3.52. The number of ether oxygens (including phenoxy) is 2. The Balaban J connectivity index is 3.01. The molecule has 15 heavy (non-hydrogen) atoms. The maximum absolute atomic E-state index is 10.5. The van der Waals surface area contributed by atoms with Gasteiger partial charge in [0.1, 0.15) is 6.07 Å². The second kappa shape index (κ2) is 4.86. The fourth-order valence-corrected chi connectivity index (χ4v) is 1.06. The van der Waals surface area contributed by atoms with E-state index in [0.717, 1.165) is 0 Å². The van der Waals surface area contributed by atoms with E-state index in [9.17, 15) is 4.79 Å². The molecule has 5 heteroatoms. The summed E-state index contributed by atoms with van der Waals surface area (Å²) in [4.78, 5) is 10.5. The molecular formula is C10H10N2O3. The van der Waals surface area contributed by atoms with Crippen LogP contribution in [-0.4, -0.2) is 19.6 Å². The largest absolute Gasteiger partial charge is 0.493 e. The van der Waals surface area contributed by atoms with Crippen molar-refractivity contribution in [3.05, 3.63) is 23.8 Å². The average molecular weight is 206 g/mol. The molecular weight excluding hydrogens is 196 g/mol. The Morgan fingerprint density at radius 2 is 2.33 bits per heavy atom. The van der Waals surface area contributed by atoms with Crippen LogP contribution in [0.25, 0.3) is 0 Å². The topological polar surface area (TPSA) is 85.3 Å². The molecule has 0 heterocycles. The van der Waals surface area contributed by atoms with Crippen LogP contribution in [0.4, 0.5) is 0 Å². The number of para-hydroxylation sites is 1. The Hall–Kier alpha value is -2.22. The number of methoxy groups -OCH3 is 1. The van der Waals surface area contributed by atoms with Crippen LogP contribution in [0.1, 0.15) is 5.56 Å². The van der Waals surface area contributed by atoms with Crippen molar-refractivity contribution in [3.63, 3.8) is 0 Å². The van der Waals surface area contributed by atoms with E-state index >= 15 is 0 Å². The molecule has 0 saturated heterocycles. The number of carbonyl (C=O) groups is 1. The number of nitrogens with two attached hydrogens (primary N) is 1. The minimum absolute atomic E-state index is 0.237. The Bertz CT molecular complexity index is 410. The highest BCUT2D eigenvalue weighted by atomic mass is 16.5. The minimum Gasteiger partial charge on any atom is -0.493 e. The number of nitrogens with zero attached hydrogens (tertiary/aromatic N) is 1. The minimum atomic E-state index is -0.607. The van der Waals surface area contributed by atoms with Crippen LogP contribution in [0.3, 0.4) is 0 Å². The first-order valence-electron chi connectivity index (χ1n) is 4.17. The molecule has 0 aliphatic heterocycles. The normalized spacial score (nSPS) is 9.07. The van der Waals surface area contributed by atoms with Gasteiger partial charge in [-0.15, -0.1) is 0 Å². The van der Waals surface area contributed by atoms with E-state index in [1.165, 1.54) is 7.11 Å². The lowest BCUT2D eigenvalue weighted by Crippen LogP contribution is -2.20. The van der Waals surface area contributed by atoms with Gasteiger partial charge in [0.05, 0.1) is 12.7 Å². The van der Waals surface area contributed by atoms with Crippen molar-refractivity contribution in [3.8, 4) is 17.6 Å². The van der Waals surface area contributed by atoms with Gasteiger partial charge < -0.3 is 15.2 Å². The van der Waals surface area contributed by atoms with Crippen LogP contribution >= 0.6 is 0 Å². The zero-order valence-corrected chi connectivity index (χ0v) is 8.19. The molecule has 0 radical (unpaired) electrons. The smallest absolute Gasteiger partial charge is 0.255 e. The molecule has 5 nitrogen and oxygen atoms in total. The summed E-state index contributed by atoms with van der Waals surface area (Å²) in [5.74, 6) is 0.0291. The number of amides is 1. The molecule has 0 aromatic heterocycles. The van der Waals surface area contributed by atoms with Crippen molar-refractivity contribution in [2.45, 2.75) is 0 Å². The van der Waals surface area contributed by atoms with Gasteiger partial charge in [0, 0.05) is 0 Å². The Morgan fingerprint density at radius 1 is 1.60 bits per heavy atom. The van der Waals surface area contributed by atoms with Crippen molar-refractivity contribution >= 4 is 5.91 Å². The highest BCUT2D eigenvalue weighted by Gasteiger charge is 2.10. The Morgan fingerprint density at radius 3 is 2.87 bits per heavy atom. The summed E-state index contributed by atoms with van der Waals surface area (Å²) in [6, 6.07) is 6.80. The molecule has 0 bridgehead atoms. The van der Waals surface area contributed by atoms with E-state index in [4.69, 9.17) is 20.5 Å². The lowest BCUT2D eigenvalue weighted by atomic mass is 10.2. The number of hydrogen-bond acceptors (Lipinski definition) is 4. The highest BCUT2D eigenvalue weighted by molar-refractivity contribution is 5.75. The second-order valence-electron chi connectivity index (χ2n) is 2.70. The molecule has 0 aliphatic carbocycles. The van der Waals surface area contributed by atoms with Crippen LogP contribution in [0.2, 0.25) is 0 Å². The van der Waals surface area contributed by atoms with E-state index in [1.54, 1.807) is 18.2 Å². The molecule has 0 aliphatic rings.